The lowest BCUT2D eigenvalue weighted by atomic mass is 10.0. The lowest BCUT2D eigenvalue weighted by Crippen LogP contribution is -2.29. The number of carbonyl (C=O) groups is 5. The van der Waals surface area contributed by atoms with Gasteiger partial charge in [0.25, 0.3) is 0 Å². The Morgan fingerprint density at radius 3 is 2.33 bits per heavy atom. The number of Topliss-reactive ketones (excluding diaryl/α,β-unsaturated/α-hetero) is 1. The Kier molecular flexibility index (Phi) is 11.8. The quantitative estimate of drug-likeness (QED) is 0.140. The summed E-state index contributed by atoms with van der Waals surface area (Å²) in [6.45, 7) is 4.07. The van der Waals surface area contributed by atoms with Gasteiger partial charge in [-0.2, -0.15) is 0 Å². The molecular formula is C26H30NO11P. The van der Waals surface area contributed by atoms with E-state index in [1.54, 1.807) is 37.3 Å². The molecule has 0 aliphatic rings. The molecule has 0 aliphatic heterocycles. The number of carbonyl (C=O) groups excluding carboxylic acids is 4. The van der Waals surface area contributed by atoms with E-state index < -0.39 is 43.3 Å². The van der Waals surface area contributed by atoms with E-state index in [0.29, 0.717) is 0 Å². The number of hydrogen-bond acceptors (Lipinski definition) is 10. The van der Waals surface area contributed by atoms with E-state index in [4.69, 9.17) is 18.5 Å². The molecule has 0 bridgehead atoms. The zero-order valence-electron chi connectivity index (χ0n) is 21.7. The molecule has 1 amide bonds. The molecule has 2 aromatic carbocycles. The van der Waals surface area contributed by atoms with Crippen LogP contribution in [0.1, 0.15) is 54.3 Å². The Balaban J connectivity index is 1.97. The normalized spacial score (nSPS) is 12.9. The molecule has 0 saturated heterocycles. The molecule has 39 heavy (non-hydrogen) atoms. The summed E-state index contributed by atoms with van der Waals surface area (Å²) in [5.74, 6) is -3.83. The monoisotopic (exact) mass is 563 g/mol. The number of rotatable bonds is 15. The van der Waals surface area contributed by atoms with E-state index in [-0.39, 0.29) is 54.8 Å². The van der Waals surface area contributed by atoms with Crippen molar-refractivity contribution in [1.29, 1.82) is 0 Å². The Hall–Kier alpha value is -4.02. The Labute approximate surface area is 225 Å². The third-order valence-corrected chi connectivity index (χ3v) is 6.90. The first-order valence-electron chi connectivity index (χ1n) is 12.0. The molecule has 0 aromatic heterocycles. The number of ether oxygens (including phenoxy) is 2. The van der Waals surface area contributed by atoms with Gasteiger partial charge in [0.1, 0.15) is 17.1 Å². The largest absolute Gasteiger partial charge is 0.478 e. The van der Waals surface area contributed by atoms with Gasteiger partial charge in [-0.15, -0.1) is 0 Å². The summed E-state index contributed by atoms with van der Waals surface area (Å²) in [5, 5.41) is 11.9. The molecule has 2 rings (SSSR count). The van der Waals surface area contributed by atoms with Crippen molar-refractivity contribution in [1.82, 2.24) is 5.32 Å². The number of hydrogen-bond donors (Lipinski definition) is 2. The van der Waals surface area contributed by atoms with Crippen molar-refractivity contribution < 1.29 is 52.2 Å². The van der Waals surface area contributed by atoms with Gasteiger partial charge in [-0.1, -0.05) is 18.2 Å². The Morgan fingerprint density at radius 1 is 1.03 bits per heavy atom. The molecule has 1 unspecified atom stereocenters. The maximum absolute atomic E-state index is 13.4. The summed E-state index contributed by atoms with van der Waals surface area (Å²) in [6, 6.07) is 11.7. The van der Waals surface area contributed by atoms with E-state index in [2.05, 4.69) is 5.32 Å². The van der Waals surface area contributed by atoms with Gasteiger partial charge in [-0.3, -0.25) is 18.9 Å². The molecule has 12 nitrogen and oxygen atoms in total. The van der Waals surface area contributed by atoms with Gasteiger partial charge < -0.3 is 24.4 Å². The maximum Gasteiger partial charge on any atom is 0.381 e. The van der Waals surface area contributed by atoms with E-state index in [9.17, 15) is 33.6 Å². The number of amides is 1. The highest BCUT2D eigenvalue weighted by Crippen LogP contribution is 2.49. The lowest BCUT2D eigenvalue weighted by molar-refractivity contribution is -0.150. The van der Waals surface area contributed by atoms with Crippen LogP contribution < -0.4 is 14.6 Å². The molecule has 0 aliphatic carbocycles. The van der Waals surface area contributed by atoms with E-state index in [0.717, 1.165) is 13.0 Å². The standard InChI is InChI=1S/C26H30NO11P/c1-4-35-26(33)17(2)37-39(34,38-20-8-6-5-7-9-20)15-14-27-24(30)13-11-22(29)19-10-12-23(36-18(3)28)21(16-19)25(31)32/h5-10,12,16-17H,4,11,13-15H2,1-3H3,(H,27,30)(H,31,32)/t17-,39?/m1/s1. The number of nitrogens with one attached hydrogen (secondary N) is 1. The van der Waals surface area contributed by atoms with E-state index in [1.165, 1.54) is 19.1 Å². The third-order valence-electron chi connectivity index (χ3n) is 5.00. The fourth-order valence-electron chi connectivity index (χ4n) is 3.21. The minimum atomic E-state index is -3.92. The summed E-state index contributed by atoms with van der Waals surface area (Å²) in [5.41, 5.74) is -0.343. The van der Waals surface area contributed by atoms with Crippen LogP contribution >= 0.6 is 7.60 Å². The lowest BCUT2D eigenvalue weighted by Gasteiger charge is -2.22. The van der Waals surface area contributed by atoms with E-state index >= 15 is 0 Å². The van der Waals surface area contributed by atoms with Crippen LogP contribution in [0.5, 0.6) is 11.5 Å². The topological polar surface area (TPSA) is 172 Å². The van der Waals surface area contributed by atoms with Crippen molar-refractivity contribution in [2.45, 2.75) is 39.7 Å². The second-order valence-electron chi connectivity index (χ2n) is 8.12. The molecule has 0 heterocycles. The van der Waals surface area contributed by atoms with Gasteiger partial charge >= 0.3 is 25.5 Å². The molecule has 0 radical (unpaired) electrons. The van der Waals surface area contributed by atoms with Gasteiger partial charge in [-0.05, 0) is 44.2 Å². The van der Waals surface area contributed by atoms with Crippen LogP contribution in [0.4, 0.5) is 0 Å². The van der Waals surface area contributed by atoms with Crippen LogP contribution in [0.2, 0.25) is 0 Å². The van der Waals surface area contributed by atoms with Crippen LogP contribution in [0, 0.1) is 0 Å². The highest BCUT2D eigenvalue weighted by atomic mass is 31.2. The summed E-state index contributed by atoms with van der Waals surface area (Å²) >= 11 is 0. The van der Waals surface area contributed by atoms with Crippen LogP contribution in [0.3, 0.4) is 0 Å². The number of benzene rings is 2. The molecule has 2 atom stereocenters. The summed E-state index contributed by atoms with van der Waals surface area (Å²) < 4.78 is 34.1. The van der Waals surface area contributed by atoms with Gasteiger partial charge in [-0.25, -0.2) is 14.2 Å². The van der Waals surface area contributed by atoms with Crippen LogP contribution in [-0.4, -0.2) is 60.1 Å². The van der Waals surface area contributed by atoms with Gasteiger partial charge in [0, 0.05) is 31.9 Å². The van der Waals surface area contributed by atoms with Crippen molar-refractivity contribution in [2.24, 2.45) is 0 Å². The molecule has 13 heteroatoms. The van der Waals surface area contributed by atoms with Crippen molar-refractivity contribution in [3.05, 3.63) is 59.7 Å². The third kappa shape index (κ3) is 10.3. The minimum absolute atomic E-state index is 0.0261. The summed E-state index contributed by atoms with van der Waals surface area (Å²) in [6.07, 6.45) is -1.94. The average molecular weight is 563 g/mol. The summed E-state index contributed by atoms with van der Waals surface area (Å²) in [4.78, 5) is 59.4. The molecule has 2 N–H and O–H groups in total. The summed E-state index contributed by atoms with van der Waals surface area (Å²) in [7, 11) is -3.92. The first-order valence-corrected chi connectivity index (χ1v) is 13.7. The second kappa shape index (κ2) is 14.8. The fourth-order valence-corrected chi connectivity index (χ4v) is 4.85. The smallest absolute Gasteiger partial charge is 0.381 e. The van der Waals surface area contributed by atoms with Crippen LogP contribution in [0.15, 0.2) is 48.5 Å². The van der Waals surface area contributed by atoms with Gasteiger partial charge in [0.05, 0.1) is 12.8 Å². The fraction of sp³-hybridized carbons (Fsp3) is 0.346. The zero-order valence-corrected chi connectivity index (χ0v) is 22.6. The number of carboxylic acid groups (broad SMARTS) is 1. The first-order chi connectivity index (χ1) is 18.4. The molecule has 210 valence electrons. The minimum Gasteiger partial charge on any atom is -0.478 e. The number of esters is 2. The second-order valence-corrected chi connectivity index (χ2v) is 10.2. The molecule has 0 fully saturated rings. The molecule has 0 saturated carbocycles. The van der Waals surface area contributed by atoms with Gasteiger partial charge in [0.15, 0.2) is 11.9 Å². The van der Waals surface area contributed by atoms with Gasteiger partial charge in [0.2, 0.25) is 5.91 Å². The van der Waals surface area contributed by atoms with Crippen molar-refractivity contribution in [3.63, 3.8) is 0 Å². The van der Waals surface area contributed by atoms with Crippen molar-refractivity contribution >= 4 is 37.2 Å². The Bertz CT molecular complexity index is 1250. The highest BCUT2D eigenvalue weighted by molar-refractivity contribution is 7.54. The first kappa shape index (κ1) is 31.2. The maximum atomic E-state index is 13.4. The average Bonchev–Trinajstić information content (AvgIpc) is 2.87. The van der Waals surface area contributed by atoms with Crippen molar-refractivity contribution in [2.75, 3.05) is 19.3 Å². The van der Waals surface area contributed by atoms with Crippen molar-refractivity contribution in [3.8, 4) is 11.5 Å². The Morgan fingerprint density at radius 2 is 1.72 bits per heavy atom. The predicted octanol–water partition coefficient (Wildman–Crippen LogP) is 3.63. The predicted molar refractivity (Wildman–Crippen MR) is 138 cm³/mol. The SMILES string of the molecule is CCOC(=O)[C@@H](C)OP(=O)(CCNC(=O)CCC(=O)c1ccc(OC(C)=O)c(C(=O)O)c1)Oc1ccccc1. The number of para-hydroxylation sites is 1. The number of ketones is 1. The zero-order chi connectivity index (χ0) is 29.0. The number of carboxylic acids is 1. The number of aromatic carboxylic acids is 1. The highest BCUT2D eigenvalue weighted by Gasteiger charge is 2.32. The molecule has 0 spiro atoms. The molecular weight excluding hydrogens is 533 g/mol. The van der Waals surface area contributed by atoms with Crippen LogP contribution in [0.25, 0.3) is 0 Å². The van der Waals surface area contributed by atoms with Crippen LogP contribution in [-0.2, 0) is 28.2 Å². The molecule has 2 aromatic rings. The van der Waals surface area contributed by atoms with E-state index in [1.807, 2.05) is 0 Å².